The van der Waals surface area contributed by atoms with Crippen molar-refractivity contribution >= 4 is 0 Å². The minimum absolute atomic E-state index is 0.0302. The molecule has 11 unspecified atom stereocenters. The number of hydrogen-bond donors (Lipinski definition) is 4. The summed E-state index contributed by atoms with van der Waals surface area (Å²) in [5.74, 6) is 10.6. The second-order valence-electron chi connectivity index (χ2n) is 20.7. The van der Waals surface area contributed by atoms with Crippen molar-refractivity contribution in [3.8, 4) is 17.6 Å². The van der Waals surface area contributed by atoms with E-state index < -0.39 is 11.1 Å². The maximum absolute atomic E-state index is 11.3. The molecule has 7 aliphatic carbocycles. The molecule has 1 aromatic heterocycles. The van der Waals surface area contributed by atoms with Crippen molar-refractivity contribution in [2.75, 3.05) is 6.61 Å². The van der Waals surface area contributed by atoms with E-state index in [1.807, 2.05) is 12.1 Å². The van der Waals surface area contributed by atoms with Crippen molar-refractivity contribution in [2.24, 2.45) is 58.0 Å². The maximum Gasteiger partial charge on any atom is 0.115 e. The third-order valence-corrected chi connectivity index (χ3v) is 18.0. The summed E-state index contributed by atoms with van der Waals surface area (Å²) in [6.45, 7) is 4.96. The number of aryl methyl sites for hydroxylation is 1. The summed E-state index contributed by atoms with van der Waals surface area (Å²) in [7, 11) is 0. The molecule has 11 rings (SSSR count). The van der Waals surface area contributed by atoms with Crippen LogP contribution in [0.2, 0.25) is 0 Å². The van der Waals surface area contributed by atoms with Crippen LogP contribution in [-0.2, 0) is 24.0 Å². The van der Waals surface area contributed by atoms with Crippen molar-refractivity contribution in [1.82, 2.24) is 4.98 Å². The Morgan fingerprint density at radius 3 is 2.40 bits per heavy atom. The number of aliphatic hydroxyl groups is 1. The van der Waals surface area contributed by atoms with Gasteiger partial charge in [-0.25, -0.2) is 0 Å². The molecule has 11 atom stereocenters. The summed E-state index contributed by atoms with van der Waals surface area (Å²) in [5.41, 5.74) is 13.1. The van der Waals surface area contributed by atoms with Crippen LogP contribution in [-0.4, -0.2) is 38.5 Å². The summed E-state index contributed by atoms with van der Waals surface area (Å²) in [6, 6.07) is 8.52. The van der Waals surface area contributed by atoms with Gasteiger partial charge in [-0.2, -0.15) is 0 Å². The van der Waals surface area contributed by atoms with Gasteiger partial charge >= 0.3 is 0 Å². The number of fused-ring (bicyclic) bond motifs is 4. The molecule has 9 aliphatic rings. The Morgan fingerprint density at radius 1 is 0.906 bits per heavy atom. The quantitative estimate of drug-likeness (QED) is 0.237. The standard InChI is InChI=1S/C48H66N2O3/c1-3-31-21-41(50-29-31)36-22-38(27-46(25-36)17-6-7-18-46)44(2)43-35-11-13-37(30-51)48(43,49)42-10-8-9-33-23-40(52)14-12-34(33)19-32-20-39(47(42,26-35)53-44)28-45(24-32)15-4-5-16-45/h12,14,21,23,29,32,35-39,42-43,50-52H,3-7,9,11,13,15-20,22,24-28,30,49H2,1-2H3. The van der Waals surface area contributed by atoms with Gasteiger partial charge in [0, 0.05) is 42.3 Å². The predicted molar refractivity (Wildman–Crippen MR) is 210 cm³/mol. The first kappa shape index (κ1) is 35.2. The first-order chi connectivity index (χ1) is 25.6. The van der Waals surface area contributed by atoms with E-state index in [9.17, 15) is 10.2 Å². The van der Waals surface area contributed by atoms with E-state index >= 15 is 0 Å². The zero-order chi connectivity index (χ0) is 36.2. The molecular weight excluding hydrogens is 653 g/mol. The van der Waals surface area contributed by atoms with Gasteiger partial charge in [-0.3, -0.25) is 0 Å². The minimum atomic E-state index is -0.598. The van der Waals surface area contributed by atoms with Gasteiger partial charge in [0.15, 0.2) is 0 Å². The number of aromatic nitrogens is 1. The number of rotatable bonds is 4. The Labute approximate surface area is 319 Å². The van der Waals surface area contributed by atoms with Crippen LogP contribution in [0.5, 0.6) is 5.75 Å². The lowest BCUT2D eigenvalue weighted by Crippen LogP contribution is -2.84. The molecule has 2 aliphatic heterocycles. The Kier molecular flexibility index (Phi) is 8.38. The van der Waals surface area contributed by atoms with Crippen LogP contribution >= 0.6 is 0 Å². The Hall–Kier alpha value is -2.26. The number of phenols is 1. The minimum Gasteiger partial charge on any atom is -0.508 e. The largest absolute Gasteiger partial charge is 0.508 e. The van der Waals surface area contributed by atoms with E-state index in [1.54, 1.807) is 0 Å². The van der Waals surface area contributed by atoms with Gasteiger partial charge < -0.3 is 25.7 Å². The van der Waals surface area contributed by atoms with E-state index in [2.05, 4.69) is 49.0 Å². The number of ether oxygens (including phenoxy) is 1. The molecule has 1 aromatic carbocycles. The fourth-order valence-electron chi connectivity index (χ4n) is 16.1. The normalized spacial score (nSPS) is 43.5. The fourth-order valence-corrected chi connectivity index (χ4v) is 16.1. The monoisotopic (exact) mass is 719 g/mol. The maximum atomic E-state index is 11.3. The Balaban J connectivity index is 1.13. The van der Waals surface area contributed by atoms with Crippen LogP contribution in [0.3, 0.4) is 0 Å². The molecule has 8 fully saturated rings. The van der Waals surface area contributed by atoms with Gasteiger partial charge in [0.05, 0.1) is 17.1 Å². The van der Waals surface area contributed by atoms with Crippen molar-refractivity contribution in [1.29, 1.82) is 0 Å². The lowest BCUT2D eigenvalue weighted by molar-refractivity contribution is -0.363. The molecule has 3 heterocycles. The SMILES string of the molecule is CCc1c[nH]c(C2CC(C3(C)OC45CC6CCC(CO)C(N)(C63)C4C#CCc3cc(O)ccc3CC3CC5CC4(CCCC4)C3)CC3(CCCC3)C2)c1. The molecule has 5 N–H and O–H groups in total. The van der Waals surface area contributed by atoms with Gasteiger partial charge in [-0.15, -0.1) is 0 Å². The second-order valence-corrected chi connectivity index (χ2v) is 20.7. The fraction of sp³-hybridized carbons (Fsp3) is 0.750. The van der Waals surface area contributed by atoms with Crippen LogP contribution in [0.25, 0.3) is 0 Å². The van der Waals surface area contributed by atoms with Gasteiger partial charge in [0.1, 0.15) is 5.75 Å². The average molecular weight is 719 g/mol. The molecule has 6 saturated carbocycles. The third-order valence-electron chi connectivity index (χ3n) is 18.0. The molecular formula is C48H66N2O3. The summed E-state index contributed by atoms with van der Waals surface area (Å²) in [4.78, 5) is 3.78. The zero-order valence-electron chi connectivity index (χ0n) is 32.7. The highest BCUT2D eigenvalue weighted by molar-refractivity contribution is 5.40. The molecule has 0 radical (unpaired) electrons. The van der Waals surface area contributed by atoms with E-state index in [0.717, 1.165) is 38.5 Å². The van der Waals surface area contributed by atoms with Crippen molar-refractivity contribution < 1.29 is 14.9 Å². The highest BCUT2D eigenvalue weighted by Gasteiger charge is 2.77. The van der Waals surface area contributed by atoms with Crippen molar-refractivity contribution in [3.05, 3.63) is 52.8 Å². The Bertz CT molecular complexity index is 1770. The topological polar surface area (TPSA) is 91.5 Å². The lowest BCUT2D eigenvalue weighted by Gasteiger charge is -2.75. The van der Waals surface area contributed by atoms with Gasteiger partial charge in [0.25, 0.3) is 0 Å². The van der Waals surface area contributed by atoms with E-state index in [0.29, 0.717) is 52.6 Å². The molecule has 53 heavy (non-hydrogen) atoms. The number of H-pyrrole nitrogens is 1. The van der Waals surface area contributed by atoms with Crippen LogP contribution in [0, 0.1) is 64.1 Å². The first-order valence-corrected chi connectivity index (χ1v) is 22.2. The van der Waals surface area contributed by atoms with Gasteiger partial charge in [0.2, 0.25) is 0 Å². The number of aromatic amines is 1. The predicted octanol–water partition coefficient (Wildman–Crippen LogP) is 9.39. The zero-order valence-corrected chi connectivity index (χ0v) is 32.7. The smallest absolute Gasteiger partial charge is 0.115 e. The average Bonchev–Trinajstić information content (AvgIpc) is 3.92. The first-order valence-electron chi connectivity index (χ1n) is 22.2. The van der Waals surface area contributed by atoms with Crippen LogP contribution in [0.15, 0.2) is 30.5 Å². The molecule has 6 bridgehead atoms. The summed E-state index contributed by atoms with van der Waals surface area (Å²) < 4.78 is 8.35. The highest BCUT2D eigenvalue weighted by atomic mass is 16.5. The molecule has 2 aromatic rings. The number of aromatic hydroxyl groups is 1. The van der Waals surface area contributed by atoms with Gasteiger partial charge in [-0.1, -0.05) is 50.5 Å². The number of nitrogens with two attached hydrogens (primary N) is 1. The molecule has 0 amide bonds. The number of aliphatic hydroxyl groups excluding tert-OH is 1. The van der Waals surface area contributed by atoms with Crippen molar-refractivity contribution in [2.45, 2.75) is 165 Å². The number of nitrogens with one attached hydrogen (secondary N) is 1. The third kappa shape index (κ3) is 5.34. The number of hydrogen-bond acceptors (Lipinski definition) is 4. The lowest BCUT2D eigenvalue weighted by atomic mass is 9.38. The van der Waals surface area contributed by atoms with E-state index in [-0.39, 0.29) is 30.0 Å². The Morgan fingerprint density at radius 2 is 1.66 bits per heavy atom. The van der Waals surface area contributed by atoms with Crippen LogP contribution in [0.1, 0.15) is 151 Å². The van der Waals surface area contributed by atoms with Crippen LogP contribution < -0.4 is 5.73 Å². The number of benzene rings is 1. The van der Waals surface area contributed by atoms with Gasteiger partial charge in [-0.05, 0) is 179 Å². The second kappa shape index (κ2) is 12.6. The number of phenolic OH excluding ortho intramolecular Hbond substituents is 1. The van der Waals surface area contributed by atoms with E-state index in [4.69, 9.17) is 10.5 Å². The molecule has 5 heteroatoms. The highest BCUT2D eigenvalue weighted by Crippen LogP contribution is 2.72. The molecule has 286 valence electrons. The summed E-state index contributed by atoms with van der Waals surface area (Å²) in [5, 5.41) is 21.9. The summed E-state index contributed by atoms with van der Waals surface area (Å²) in [6.07, 6.45) is 26.5. The van der Waals surface area contributed by atoms with E-state index in [1.165, 1.54) is 106 Å². The van der Waals surface area contributed by atoms with Crippen LogP contribution in [0.4, 0.5) is 0 Å². The summed E-state index contributed by atoms with van der Waals surface area (Å²) >= 11 is 0. The van der Waals surface area contributed by atoms with Crippen molar-refractivity contribution in [3.63, 3.8) is 0 Å². The molecule has 5 nitrogen and oxygen atoms in total. The molecule has 3 spiro atoms. The molecule has 2 saturated heterocycles.